The van der Waals surface area contributed by atoms with Crippen LogP contribution in [0.1, 0.15) is 17.1 Å². The van der Waals surface area contributed by atoms with Gasteiger partial charge in [0, 0.05) is 11.4 Å². The molecule has 0 atom stereocenters. The molecule has 18 heavy (non-hydrogen) atoms. The van der Waals surface area contributed by atoms with Gasteiger partial charge in [-0.3, -0.25) is 10.3 Å². The lowest BCUT2D eigenvalue weighted by Gasteiger charge is -2.02. The molecule has 0 aliphatic rings. The molecule has 2 rings (SSSR count). The Hall–Kier alpha value is -1.95. The molecule has 2 amide bonds. The van der Waals surface area contributed by atoms with Gasteiger partial charge in [0.2, 0.25) is 0 Å². The first kappa shape index (κ1) is 12.5. The van der Waals surface area contributed by atoms with Crippen molar-refractivity contribution in [2.75, 3.05) is 5.32 Å². The van der Waals surface area contributed by atoms with Crippen LogP contribution in [0.5, 0.6) is 0 Å². The monoisotopic (exact) mass is 262 g/mol. The number of urea groups is 1. The second-order valence-corrected chi connectivity index (χ2v) is 5.06. The summed E-state index contributed by atoms with van der Waals surface area (Å²) < 4.78 is 0. The number of thiazole rings is 1. The molecule has 0 aliphatic carbocycles. The third-order valence-electron chi connectivity index (χ3n) is 2.37. The van der Waals surface area contributed by atoms with E-state index in [0.717, 1.165) is 27.5 Å². The van der Waals surface area contributed by atoms with E-state index in [1.165, 1.54) is 11.3 Å². The number of aryl methyl sites for hydroxylation is 3. The SMILES string of the molecule is Cc1cc(-c2sc(NC(N)=O)nc2C)cc(C)n1. The largest absolute Gasteiger partial charge is 0.351 e. The zero-order valence-electron chi connectivity index (χ0n) is 10.4. The van der Waals surface area contributed by atoms with Gasteiger partial charge >= 0.3 is 6.03 Å². The van der Waals surface area contributed by atoms with E-state index in [1.54, 1.807) is 0 Å². The van der Waals surface area contributed by atoms with Crippen molar-refractivity contribution >= 4 is 22.5 Å². The average molecular weight is 262 g/mol. The molecule has 5 nitrogen and oxygen atoms in total. The molecule has 0 saturated heterocycles. The van der Waals surface area contributed by atoms with Crippen molar-refractivity contribution in [1.82, 2.24) is 9.97 Å². The lowest BCUT2D eigenvalue weighted by atomic mass is 10.1. The van der Waals surface area contributed by atoms with E-state index in [-0.39, 0.29) is 0 Å². The number of carbonyl (C=O) groups is 1. The Kier molecular flexibility index (Phi) is 3.29. The van der Waals surface area contributed by atoms with Crippen LogP contribution in [-0.2, 0) is 0 Å². The summed E-state index contributed by atoms with van der Waals surface area (Å²) >= 11 is 1.41. The third kappa shape index (κ3) is 2.65. The number of hydrogen-bond acceptors (Lipinski definition) is 4. The summed E-state index contributed by atoms with van der Waals surface area (Å²) in [6.45, 7) is 5.81. The number of primary amides is 1. The Morgan fingerprint density at radius 3 is 2.39 bits per heavy atom. The first-order valence-corrected chi connectivity index (χ1v) is 6.27. The highest BCUT2D eigenvalue weighted by molar-refractivity contribution is 7.19. The predicted molar refractivity (Wildman–Crippen MR) is 72.8 cm³/mol. The van der Waals surface area contributed by atoms with E-state index in [2.05, 4.69) is 15.3 Å². The van der Waals surface area contributed by atoms with Crippen molar-refractivity contribution in [3.63, 3.8) is 0 Å². The summed E-state index contributed by atoms with van der Waals surface area (Å²) in [4.78, 5) is 20.4. The fourth-order valence-electron chi connectivity index (χ4n) is 1.79. The maximum Gasteiger partial charge on any atom is 0.318 e. The first-order chi connectivity index (χ1) is 8.45. The second kappa shape index (κ2) is 4.73. The fourth-order valence-corrected chi connectivity index (χ4v) is 2.75. The van der Waals surface area contributed by atoms with Gasteiger partial charge in [0.15, 0.2) is 5.13 Å². The molecule has 2 aromatic heterocycles. The van der Waals surface area contributed by atoms with Gasteiger partial charge in [-0.2, -0.15) is 0 Å². The predicted octanol–water partition coefficient (Wildman–Crippen LogP) is 2.62. The van der Waals surface area contributed by atoms with Crippen LogP contribution in [0.3, 0.4) is 0 Å². The van der Waals surface area contributed by atoms with E-state index in [0.29, 0.717) is 5.13 Å². The van der Waals surface area contributed by atoms with Crippen molar-refractivity contribution in [3.05, 3.63) is 29.2 Å². The maximum atomic E-state index is 10.8. The minimum Gasteiger partial charge on any atom is -0.351 e. The highest BCUT2D eigenvalue weighted by atomic mass is 32.1. The lowest BCUT2D eigenvalue weighted by molar-refractivity contribution is 0.259. The second-order valence-electron chi connectivity index (χ2n) is 4.06. The fraction of sp³-hybridized carbons (Fsp3) is 0.250. The molecule has 0 aromatic carbocycles. The van der Waals surface area contributed by atoms with Gasteiger partial charge in [0.05, 0.1) is 10.6 Å². The number of rotatable bonds is 2. The minimum absolute atomic E-state index is 0.516. The summed E-state index contributed by atoms with van der Waals surface area (Å²) in [5.41, 5.74) is 8.93. The summed E-state index contributed by atoms with van der Waals surface area (Å²) in [7, 11) is 0. The Morgan fingerprint density at radius 1 is 1.22 bits per heavy atom. The molecule has 0 radical (unpaired) electrons. The molecular formula is C12H14N4OS. The molecule has 0 fully saturated rings. The van der Waals surface area contributed by atoms with Gasteiger partial charge in [-0.25, -0.2) is 9.78 Å². The highest BCUT2D eigenvalue weighted by Crippen LogP contribution is 2.33. The summed E-state index contributed by atoms with van der Waals surface area (Å²) in [5.74, 6) is 0. The third-order valence-corrected chi connectivity index (χ3v) is 3.49. The lowest BCUT2D eigenvalue weighted by Crippen LogP contribution is -2.18. The van der Waals surface area contributed by atoms with Crippen LogP contribution < -0.4 is 11.1 Å². The first-order valence-electron chi connectivity index (χ1n) is 5.45. The Labute approximate surface area is 109 Å². The molecule has 6 heteroatoms. The molecule has 0 aliphatic heterocycles. The van der Waals surface area contributed by atoms with Crippen LogP contribution in [0.15, 0.2) is 12.1 Å². The van der Waals surface area contributed by atoms with Crippen LogP contribution in [0, 0.1) is 20.8 Å². The average Bonchev–Trinajstić information content (AvgIpc) is 2.56. The molecule has 3 N–H and O–H groups in total. The minimum atomic E-state index is -0.600. The van der Waals surface area contributed by atoms with Gasteiger partial charge in [0.1, 0.15) is 0 Å². The van der Waals surface area contributed by atoms with E-state index in [4.69, 9.17) is 5.73 Å². The van der Waals surface area contributed by atoms with Gasteiger partial charge < -0.3 is 5.73 Å². The number of carbonyl (C=O) groups excluding carboxylic acids is 1. The molecular weight excluding hydrogens is 248 g/mol. The maximum absolute atomic E-state index is 10.8. The van der Waals surface area contributed by atoms with Crippen LogP contribution >= 0.6 is 11.3 Å². The number of nitrogens with zero attached hydrogens (tertiary/aromatic N) is 2. The molecule has 2 aromatic rings. The van der Waals surface area contributed by atoms with Gasteiger partial charge in [-0.1, -0.05) is 11.3 Å². The summed E-state index contributed by atoms with van der Waals surface area (Å²) in [6.07, 6.45) is 0. The van der Waals surface area contributed by atoms with Crippen LogP contribution in [0.25, 0.3) is 10.4 Å². The Morgan fingerprint density at radius 2 is 1.83 bits per heavy atom. The Bertz CT molecular complexity index is 586. The number of amides is 2. The van der Waals surface area contributed by atoms with Gasteiger partial charge in [0.25, 0.3) is 0 Å². The zero-order chi connectivity index (χ0) is 13.3. The van der Waals surface area contributed by atoms with Crippen molar-refractivity contribution in [2.45, 2.75) is 20.8 Å². The number of nitrogens with one attached hydrogen (secondary N) is 1. The normalized spacial score (nSPS) is 10.4. The number of nitrogens with two attached hydrogens (primary N) is 1. The molecule has 0 bridgehead atoms. The van der Waals surface area contributed by atoms with E-state index in [9.17, 15) is 4.79 Å². The van der Waals surface area contributed by atoms with Gasteiger partial charge in [-0.15, -0.1) is 0 Å². The molecule has 0 spiro atoms. The molecule has 0 saturated carbocycles. The van der Waals surface area contributed by atoms with Crippen LogP contribution in [0.4, 0.5) is 9.93 Å². The summed E-state index contributed by atoms with van der Waals surface area (Å²) in [6, 6.07) is 3.40. The summed E-state index contributed by atoms with van der Waals surface area (Å²) in [5, 5.41) is 3.01. The number of aromatic nitrogens is 2. The molecule has 0 unspecified atom stereocenters. The van der Waals surface area contributed by atoms with Crippen molar-refractivity contribution in [2.24, 2.45) is 5.73 Å². The quantitative estimate of drug-likeness (QED) is 0.873. The van der Waals surface area contributed by atoms with Crippen molar-refractivity contribution in [3.8, 4) is 10.4 Å². The molecule has 94 valence electrons. The van der Waals surface area contributed by atoms with E-state index >= 15 is 0 Å². The number of hydrogen-bond donors (Lipinski definition) is 2. The number of pyridine rings is 1. The van der Waals surface area contributed by atoms with E-state index < -0.39 is 6.03 Å². The zero-order valence-corrected chi connectivity index (χ0v) is 11.3. The van der Waals surface area contributed by atoms with E-state index in [1.807, 2.05) is 32.9 Å². The topological polar surface area (TPSA) is 80.9 Å². The number of anilines is 1. The van der Waals surface area contributed by atoms with Crippen molar-refractivity contribution < 1.29 is 4.79 Å². The van der Waals surface area contributed by atoms with Crippen LogP contribution in [-0.4, -0.2) is 16.0 Å². The molecule has 2 heterocycles. The van der Waals surface area contributed by atoms with Crippen LogP contribution in [0.2, 0.25) is 0 Å². The van der Waals surface area contributed by atoms with Gasteiger partial charge in [-0.05, 0) is 38.5 Å². The highest BCUT2D eigenvalue weighted by Gasteiger charge is 2.11. The van der Waals surface area contributed by atoms with Crippen molar-refractivity contribution in [1.29, 1.82) is 0 Å². The Balaban J connectivity index is 2.44. The smallest absolute Gasteiger partial charge is 0.318 e. The standard InChI is InChI=1S/C12H14N4OS/c1-6-4-9(5-7(2)14-6)10-8(3)15-12(18-10)16-11(13)17/h4-5H,1-3H3,(H3,13,15,16,17).